The number of aliphatic hydroxyl groups is 1. The molecule has 1 N–H and O–H groups in total. The van der Waals surface area contributed by atoms with Crippen LogP contribution in [0.2, 0.25) is 0 Å². The molecule has 4 rings (SSSR count). The quantitative estimate of drug-likeness (QED) is 0.787. The molecule has 2 aromatic rings. The summed E-state index contributed by atoms with van der Waals surface area (Å²) in [5.41, 5.74) is 1.88. The third-order valence-electron chi connectivity index (χ3n) is 5.37. The summed E-state index contributed by atoms with van der Waals surface area (Å²) in [5.74, 6) is 0. The van der Waals surface area contributed by atoms with Gasteiger partial charge in [-0.05, 0) is 23.8 Å². The summed E-state index contributed by atoms with van der Waals surface area (Å²) in [6.07, 6.45) is 0. The third-order valence-corrected chi connectivity index (χ3v) is 5.37. The standard InChI is InChI=1S/C22H23N3O4/c23-13-18-6-7-19(12-20(18)22(15-26)16-29-22)25(14-17-4-2-1-3-5-17)21(27)24-8-10-28-11-9-24/h1-7,12,26H,8-11,14-16H2/t22-/m1/s1. The van der Waals surface area contributed by atoms with Crippen LogP contribution in [0.3, 0.4) is 0 Å². The van der Waals surface area contributed by atoms with Crippen LogP contribution >= 0.6 is 0 Å². The lowest BCUT2D eigenvalue weighted by molar-refractivity contribution is 0.0548. The van der Waals surface area contributed by atoms with E-state index in [-0.39, 0.29) is 12.6 Å². The van der Waals surface area contributed by atoms with E-state index in [0.29, 0.717) is 56.3 Å². The van der Waals surface area contributed by atoms with E-state index in [2.05, 4.69) is 6.07 Å². The number of nitriles is 1. The average molecular weight is 393 g/mol. The number of hydrogen-bond acceptors (Lipinski definition) is 5. The van der Waals surface area contributed by atoms with Gasteiger partial charge in [-0.3, -0.25) is 4.90 Å². The van der Waals surface area contributed by atoms with Gasteiger partial charge in [-0.25, -0.2) is 4.79 Å². The van der Waals surface area contributed by atoms with Crippen LogP contribution in [0.4, 0.5) is 10.5 Å². The first-order chi connectivity index (χ1) is 14.2. The Morgan fingerprint density at radius 3 is 2.55 bits per heavy atom. The lowest BCUT2D eigenvalue weighted by Gasteiger charge is -2.33. The van der Waals surface area contributed by atoms with Crippen LogP contribution in [0.1, 0.15) is 16.7 Å². The highest BCUT2D eigenvalue weighted by atomic mass is 16.6. The summed E-state index contributed by atoms with van der Waals surface area (Å²) in [6.45, 7) is 2.66. The molecule has 0 aromatic heterocycles. The second-order valence-electron chi connectivity index (χ2n) is 7.24. The smallest absolute Gasteiger partial charge is 0.324 e. The number of benzene rings is 2. The van der Waals surface area contributed by atoms with Crippen LogP contribution in [-0.2, 0) is 21.6 Å². The number of anilines is 1. The van der Waals surface area contributed by atoms with E-state index < -0.39 is 5.60 Å². The SMILES string of the molecule is N#Cc1ccc(N(Cc2ccccc2)C(=O)N2CCOCC2)cc1[C@@]1(CO)CO1. The first-order valence-corrected chi connectivity index (χ1v) is 9.64. The molecular formula is C22H23N3O4. The number of ether oxygens (including phenoxy) is 2. The molecule has 0 spiro atoms. The zero-order chi connectivity index (χ0) is 20.3. The molecular weight excluding hydrogens is 370 g/mol. The zero-order valence-electron chi connectivity index (χ0n) is 16.1. The predicted molar refractivity (Wildman–Crippen MR) is 106 cm³/mol. The first-order valence-electron chi connectivity index (χ1n) is 9.64. The Labute approximate surface area is 169 Å². The monoisotopic (exact) mass is 393 g/mol. The number of amides is 2. The second-order valence-corrected chi connectivity index (χ2v) is 7.24. The van der Waals surface area contributed by atoms with Gasteiger partial charge in [-0.1, -0.05) is 30.3 Å². The Morgan fingerprint density at radius 1 is 1.21 bits per heavy atom. The van der Waals surface area contributed by atoms with Crippen LogP contribution in [0.15, 0.2) is 48.5 Å². The highest BCUT2D eigenvalue weighted by molar-refractivity contribution is 5.92. The van der Waals surface area contributed by atoms with Crippen LogP contribution < -0.4 is 4.90 Å². The molecule has 2 aromatic carbocycles. The maximum absolute atomic E-state index is 13.4. The molecule has 2 heterocycles. The minimum absolute atomic E-state index is 0.109. The van der Waals surface area contributed by atoms with Gasteiger partial charge in [0.05, 0.1) is 44.6 Å². The van der Waals surface area contributed by atoms with Crippen molar-refractivity contribution in [1.82, 2.24) is 4.90 Å². The number of morpholine rings is 1. The highest BCUT2D eigenvalue weighted by Gasteiger charge is 2.48. The molecule has 7 heteroatoms. The van der Waals surface area contributed by atoms with E-state index in [4.69, 9.17) is 9.47 Å². The fraction of sp³-hybridized carbons (Fsp3) is 0.364. The van der Waals surface area contributed by atoms with Crippen molar-refractivity contribution in [2.45, 2.75) is 12.1 Å². The van der Waals surface area contributed by atoms with E-state index in [1.807, 2.05) is 30.3 Å². The van der Waals surface area contributed by atoms with E-state index in [0.717, 1.165) is 5.56 Å². The average Bonchev–Trinajstić information content (AvgIpc) is 3.59. The number of rotatable bonds is 5. The number of carbonyl (C=O) groups excluding carboxylic acids is 1. The number of urea groups is 1. The Morgan fingerprint density at radius 2 is 1.93 bits per heavy atom. The van der Waals surface area contributed by atoms with Crippen molar-refractivity contribution in [3.63, 3.8) is 0 Å². The minimum atomic E-state index is -0.846. The Balaban J connectivity index is 1.71. The molecule has 0 bridgehead atoms. The number of nitrogens with zero attached hydrogens (tertiary/aromatic N) is 3. The summed E-state index contributed by atoms with van der Waals surface area (Å²) in [5, 5.41) is 19.3. The molecule has 0 aliphatic carbocycles. The van der Waals surface area contributed by atoms with Gasteiger partial charge in [0.25, 0.3) is 0 Å². The van der Waals surface area contributed by atoms with Gasteiger partial charge in [-0.15, -0.1) is 0 Å². The van der Waals surface area contributed by atoms with Crippen molar-refractivity contribution in [2.24, 2.45) is 0 Å². The summed E-state index contributed by atoms with van der Waals surface area (Å²) < 4.78 is 10.8. The van der Waals surface area contributed by atoms with Gasteiger partial charge in [0.15, 0.2) is 0 Å². The molecule has 0 radical (unpaired) electrons. The van der Waals surface area contributed by atoms with Gasteiger partial charge in [0, 0.05) is 24.3 Å². The van der Waals surface area contributed by atoms with Crippen molar-refractivity contribution in [1.29, 1.82) is 5.26 Å². The lowest BCUT2D eigenvalue weighted by atomic mass is 9.95. The molecule has 2 aliphatic heterocycles. The molecule has 2 fully saturated rings. The molecule has 2 aliphatic rings. The van der Waals surface area contributed by atoms with E-state index in [1.54, 1.807) is 28.0 Å². The Kier molecular flexibility index (Phi) is 5.49. The Bertz CT molecular complexity index is 915. The molecule has 2 saturated heterocycles. The van der Waals surface area contributed by atoms with Crippen molar-refractivity contribution >= 4 is 11.7 Å². The van der Waals surface area contributed by atoms with Crippen molar-refractivity contribution in [3.8, 4) is 6.07 Å². The summed E-state index contributed by atoms with van der Waals surface area (Å²) in [6, 6.07) is 17.1. The third kappa shape index (κ3) is 3.96. The first kappa shape index (κ1) is 19.4. The van der Waals surface area contributed by atoms with Crippen LogP contribution in [0.5, 0.6) is 0 Å². The van der Waals surface area contributed by atoms with Crippen LogP contribution in [-0.4, -0.2) is 55.6 Å². The van der Waals surface area contributed by atoms with Crippen LogP contribution in [0, 0.1) is 11.3 Å². The van der Waals surface area contributed by atoms with Gasteiger partial charge in [0.1, 0.15) is 5.60 Å². The summed E-state index contributed by atoms with van der Waals surface area (Å²) >= 11 is 0. The summed E-state index contributed by atoms with van der Waals surface area (Å²) in [4.78, 5) is 16.8. The maximum Gasteiger partial charge on any atom is 0.324 e. The largest absolute Gasteiger partial charge is 0.393 e. The number of hydrogen-bond donors (Lipinski definition) is 1. The fourth-order valence-electron chi connectivity index (χ4n) is 3.55. The van der Waals surface area contributed by atoms with Gasteiger partial charge in [0.2, 0.25) is 0 Å². The van der Waals surface area contributed by atoms with Crippen molar-refractivity contribution in [2.75, 3.05) is 44.4 Å². The molecule has 29 heavy (non-hydrogen) atoms. The lowest BCUT2D eigenvalue weighted by Crippen LogP contribution is -2.48. The normalized spacial score (nSPS) is 20.8. The molecule has 2 amide bonds. The molecule has 0 saturated carbocycles. The van der Waals surface area contributed by atoms with Gasteiger partial charge >= 0.3 is 6.03 Å². The topological polar surface area (TPSA) is 89.3 Å². The number of aliphatic hydroxyl groups excluding tert-OH is 1. The molecule has 1 atom stereocenters. The highest BCUT2D eigenvalue weighted by Crippen LogP contribution is 2.41. The van der Waals surface area contributed by atoms with E-state index in [9.17, 15) is 15.2 Å². The molecule has 150 valence electrons. The second kappa shape index (κ2) is 8.21. The predicted octanol–water partition coefficient (Wildman–Crippen LogP) is 2.23. The van der Waals surface area contributed by atoms with Crippen LogP contribution in [0.25, 0.3) is 0 Å². The fourth-order valence-corrected chi connectivity index (χ4v) is 3.55. The number of epoxide rings is 1. The van der Waals surface area contributed by atoms with Crippen molar-refractivity contribution < 1.29 is 19.4 Å². The summed E-state index contributed by atoms with van der Waals surface area (Å²) in [7, 11) is 0. The van der Waals surface area contributed by atoms with Gasteiger partial charge in [-0.2, -0.15) is 5.26 Å². The molecule has 7 nitrogen and oxygen atoms in total. The minimum Gasteiger partial charge on any atom is -0.393 e. The zero-order valence-corrected chi connectivity index (χ0v) is 16.1. The molecule has 0 unspecified atom stereocenters. The van der Waals surface area contributed by atoms with Gasteiger partial charge < -0.3 is 19.5 Å². The maximum atomic E-state index is 13.4. The Hall–Kier alpha value is -2.92. The van der Waals surface area contributed by atoms with E-state index >= 15 is 0 Å². The van der Waals surface area contributed by atoms with Crippen molar-refractivity contribution in [3.05, 3.63) is 65.2 Å². The van der Waals surface area contributed by atoms with E-state index in [1.165, 1.54) is 0 Å². The number of carbonyl (C=O) groups is 1.